The molecule has 8 heteroatoms. The molecule has 22 heavy (non-hydrogen) atoms. The second-order valence-corrected chi connectivity index (χ2v) is 6.44. The Hall–Kier alpha value is -2.09. The van der Waals surface area contributed by atoms with Gasteiger partial charge in [-0.1, -0.05) is 0 Å². The molecule has 8 nitrogen and oxygen atoms in total. The Bertz CT molecular complexity index is 858. The van der Waals surface area contributed by atoms with Crippen LogP contribution in [0.1, 0.15) is 12.8 Å². The lowest BCUT2D eigenvalue weighted by Gasteiger charge is -2.22. The highest BCUT2D eigenvalue weighted by Gasteiger charge is 2.45. The minimum Gasteiger partial charge on any atom is -0.379 e. The van der Waals surface area contributed by atoms with Gasteiger partial charge in [-0.05, 0) is 12.8 Å². The average molecular weight is 305 g/mol. The molecule has 0 radical (unpaired) electrons. The van der Waals surface area contributed by atoms with Gasteiger partial charge in [0.15, 0.2) is 11.2 Å². The van der Waals surface area contributed by atoms with E-state index in [-0.39, 0.29) is 16.7 Å². The molecule has 0 amide bonds. The molecule has 0 bridgehead atoms. The third-order valence-corrected chi connectivity index (χ3v) is 4.78. The lowest BCUT2D eigenvalue weighted by molar-refractivity contribution is 0.116. The average Bonchev–Trinajstić information content (AvgIpc) is 3.20. The van der Waals surface area contributed by atoms with Crippen LogP contribution >= 0.6 is 0 Å². The third kappa shape index (κ3) is 1.90. The van der Waals surface area contributed by atoms with Gasteiger partial charge in [0.05, 0.1) is 13.2 Å². The van der Waals surface area contributed by atoms with Crippen LogP contribution in [0.4, 0.5) is 5.95 Å². The van der Waals surface area contributed by atoms with E-state index in [0.717, 1.165) is 24.3 Å². The molecule has 3 heterocycles. The van der Waals surface area contributed by atoms with Gasteiger partial charge in [0, 0.05) is 32.6 Å². The zero-order valence-corrected chi connectivity index (χ0v) is 12.8. The summed E-state index contributed by atoms with van der Waals surface area (Å²) in [5.41, 5.74) is 0.303. The van der Waals surface area contributed by atoms with Crippen molar-refractivity contribution in [1.29, 1.82) is 0 Å². The first-order valence-corrected chi connectivity index (χ1v) is 7.49. The van der Waals surface area contributed by atoms with Crippen LogP contribution in [-0.4, -0.2) is 45.4 Å². The Labute approximate surface area is 126 Å². The van der Waals surface area contributed by atoms with Crippen molar-refractivity contribution in [3.05, 3.63) is 20.8 Å². The molecule has 2 aromatic rings. The lowest BCUT2D eigenvalue weighted by atomic mass is 10.1. The Morgan fingerprint density at radius 3 is 2.73 bits per heavy atom. The van der Waals surface area contributed by atoms with Crippen molar-refractivity contribution < 1.29 is 4.74 Å². The molecule has 0 atom stereocenters. The number of aryl methyl sites for hydroxylation is 1. The SMILES string of the molecule is Cn1c(=O)c2[nH]c(N3CCOCC4(CC4)C3)nc2n(C)c1=O. The van der Waals surface area contributed by atoms with E-state index >= 15 is 0 Å². The van der Waals surface area contributed by atoms with E-state index in [1.54, 1.807) is 7.05 Å². The first kappa shape index (κ1) is 13.6. The minimum atomic E-state index is -0.367. The zero-order chi connectivity index (χ0) is 15.5. The number of anilines is 1. The smallest absolute Gasteiger partial charge is 0.332 e. The van der Waals surface area contributed by atoms with Crippen LogP contribution in [0.15, 0.2) is 9.59 Å². The Morgan fingerprint density at radius 1 is 1.23 bits per heavy atom. The highest BCUT2D eigenvalue weighted by molar-refractivity contribution is 5.73. The first-order valence-electron chi connectivity index (χ1n) is 7.49. The Morgan fingerprint density at radius 2 is 2.00 bits per heavy atom. The van der Waals surface area contributed by atoms with E-state index in [4.69, 9.17) is 4.74 Å². The van der Waals surface area contributed by atoms with Crippen LogP contribution in [0.5, 0.6) is 0 Å². The van der Waals surface area contributed by atoms with E-state index < -0.39 is 0 Å². The zero-order valence-electron chi connectivity index (χ0n) is 12.8. The third-order valence-electron chi connectivity index (χ3n) is 4.78. The van der Waals surface area contributed by atoms with E-state index in [2.05, 4.69) is 14.9 Å². The molecule has 1 N–H and O–H groups in total. The number of hydrogen-bond donors (Lipinski definition) is 1. The Balaban J connectivity index is 1.83. The van der Waals surface area contributed by atoms with Gasteiger partial charge in [-0.15, -0.1) is 0 Å². The fourth-order valence-electron chi connectivity index (χ4n) is 3.12. The first-order chi connectivity index (χ1) is 10.5. The number of fused-ring (bicyclic) bond motifs is 1. The number of aromatic nitrogens is 4. The van der Waals surface area contributed by atoms with Crippen LogP contribution in [0.2, 0.25) is 0 Å². The fourth-order valence-corrected chi connectivity index (χ4v) is 3.12. The number of rotatable bonds is 1. The summed E-state index contributed by atoms with van der Waals surface area (Å²) in [7, 11) is 3.10. The van der Waals surface area contributed by atoms with Gasteiger partial charge in [-0.2, -0.15) is 4.98 Å². The highest BCUT2D eigenvalue weighted by atomic mass is 16.5. The second-order valence-electron chi connectivity index (χ2n) is 6.44. The molecule has 1 saturated carbocycles. The molecular weight excluding hydrogens is 286 g/mol. The summed E-state index contributed by atoms with van der Waals surface area (Å²) in [5, 5.41) is 0. The van der Waals surface area contributed by atoms with Crippen molar-refractivity contribution in [2.75, 3.05) is 31.2 Å². The maximum atomic E-state index is 12.2. The summed E-state index contributed by atoms with van der Waals surface area (Å²) in [6, 6.07) is 0. The van der Waals surface area contributed by atoms with E-state index in [0.29, 0.717) is 23.7 Å². The van der Waals surface area contributed by atoms with Gasteiger partial charge < -0.3 is 14.6 Å². The van der Waals surface area contributed by atoms with Crippen molar-refractivity contribution in [3.8, 4) is 0 Å². The number of imidazole rings is 1. The fraction of sp³-hybridized carbons (Fsp3) is 0.643. The van der Waals surface area contributed by atoms with Crippen molar-refractivity contribution in [1.82, 2.24) is 19.1 Å². The summed E-state index contributed by atoms with van der Waals surface area (Å²) in [5.74, 6) is 0.644. The van der Waals surface area contributed by atoms with Crippen molar-refractivity contribution >= 4 is 17.1 Å². The highest BCUT2D eigenvalue weighted by Crippen LogP contribution is 2.47. The van der Waals surface area contributed by atoms with Crippen LogP contribution < -0.4 is 16.1 Å². The normalized spacial score (nSPS) is 20.5. The summed E-state index contributed by atoms with van der Waals surface area (Å²) in [6.45, 7) is 3.05. The summed E-state index contributed by atoms with van der Waals surface area (Å²) < 4.78 is 8.18. The predicted octanol–water partition coefficient (Wildman–Crippen LogP) is -0.423. The van der Waals surface area contributed by atoms with E-state index in [1.165, 1.54) is 24.5 Å². The van der Waals surface area contributed by atoms with Gasteiger partial charge in [-0.3, -0.25) is 13.9 Å². The van der Waals surface area contributed by atoms with Crippen molar-refractivity contribution in [2.24, 2.45) is 19.5 Å². The van der Waals surface area contributed by atoms with Crippen LogP contribution in [0.3, 0.4) is 0 Å². The van der Waals surface area contributed by atoms with E-state index in [9.17, 15) is 9.59 Å². The molecule has 0 aromatic carbocycles. The predicted molar refractivity (Wildman–Crippen MR) is 81.3 cm³/mol. The molecule has 2 aromatic heterocycles. The molecular formula is C14H19N5O3. The minimum absolute atomic E-state index is 0.242. The van der Waals surface area contributed by atoms with Crippen LogP contribution in [-0.2, 0) is 18.8 Å². The second kappa shape index (κ2) is 4.45. The quantitative estimate of drug-likeness (QED) is 0.773. The topological polar surface area (TPSA) is 85.2 Å². The molecule has 2 fully saturated rings. The largest absolute Gasteiger partial charge is 0.379 e. The molecule has 1 saturated heterocycles. The van der Waals surface area contributed by atoms with Gasteiger partial charge in [0.1, 0.15) is 0 Å². The van der Waals surface area contributed by atoms with Gasteiger partial charge in [-0.25, -0.2) is 4.79 Å². The van der Waals surface area contributed by atoms with Gasteiger partial charge in [0.25, 0.3) is 5.56 Å². The molecule has 118 valence electrons. The summed E-state index contributed by atoms with van der Waals surface area (Å²) in [6.07, 6.45) is 2.34. The van der Waals surface area contributed by atoms with Crippen molar-refractivity contribution in [3.63, 3.8) is 0 Å². The number of H-pyrrole nitrogens is 1. The van der Waals surface area contributed by atoms with E-state index in [1.807, 2.05) is 0 Å². The van der Waals surface area contributed by atoms with Gasteiger partial charge in [0.2, 0.25) is 5.95 Å². The van der Waals surface area contributed by atoms with Crippen molar-refractivity contribution in [2.45, 2.75) is 12.8 Å². The van der Waals surface area contributed by atoms with Gasteiger partial charge >= 0.3 is 5.69 Å². The number of nitrogens with one attached hydrogen (secondary N) is 1. The standard InChI is InChI=1S/C14H19N5O3/c1-17-10-9(11(20)18(2)13(17)21)15-12(16-10)19-5-6-22-8-14(7-19)3-4-14/h3-8H2,1-2H3,(H,15,16). The molecule has 1 aliphatic heterocycles. The molecule has 0 unspecified atom stereocenters. The lowest BCUT2D eigenvalue weighted by Crippen LogP contribution is -2.36. The number of nitrogens with zero attached hydrogens (tertiary/aromatic N) is 4. The monoisotopic (exact) mass is 305 g/mol. The van der Waals surface area contributed by atoms with Crippen LogP contribution in [0, 0.1) is 5.41 Å². The summed E-state index contributed by atoms with van der Waals surface area (Å²) >= 11 is 0. The summed E-state index contributed by atoms with van der Waals surface area (Å²) in [4.78, 5) is 34.0. The number of hydrogen-bond acceptors (Lipinski definition) is 5. The number of ether oxygens (including phenoxy) is 1. The maximum absolute atomic E-state index is 12.2. The molecule has 2 aliphatic rings. The van der Waals surface area contributed by atoms with Crippen LogP contribution in [0.25, 0.3) is 11.2 Å². The molecule has 4 rings (SSSR count). The molecule has 1 spiro atoms. The molecule has 1 aliphatic carbocycles. The number of aromatic amines is 1. The Kier molecular flexibility index (Phi) is 2.75. The maximum Gasteiger partial charge on any atom is 0.332 e.